The summed E-state index contributed by atoms with van der Waals surface area (Å²) in [6, 6.07) is 12.1. The molecule has 2 aliphatic rings. The summed E-state index contributed by atoms with van der Waals surface area (Å²) >= 11 is 1.42. The number of fused-ring (bicyclic) bond motifs is 1. The highest BCUT2D eigenvalue weighted by molar-refractivity contribution is 7.13. The zero-order valence-electron chi connectivity index (χ0n) is 17.5. The number of pyridine rings is 1. The van der Waals surface area contributed by atoms with Gasteiger partial charge in [-0.15, -0.1) is 11.3 Å². The molecule has 7 nitrogen and oxygen atoms in total. The normalized spacial score (nSPS) is 15.9. The van der Waals surface area contributed by atoms with Gasteiger partial charge >= 0.3 is 6.03 Å². The number of nitrogens with zero attached hydrogens (tertiary/aromatic N) is 4. The molecule has 4 heterocycles. The molecule has 0 atom stereocenters. The van der Waals surface area contributed by atoms with Crippen LogP contribution in [0.3, 0.4) is 0 Å². The Morgan fingerprint density at radius 1 is 1.10 bits per heavy atom. The van der Waals surface area contributed by atoms with Crippen molar-refractivity contribution >= 4 is 34.0 Å². The highest BCUT2D eigenvalue weighted by Gasteiger charge is 2.25. The third kappa shape index (κ3) is 4.20. The van der Waals surface area contributed by atoms with Gasteiger partial charge in [-0.2, -0.15) is 0 Å². The molecule has 0 bridgehead atoms. The minimum Gasteiger partial charge on any atom is -0.490 e. The maximum atomic E-state index is 13.0. The average molecular weight is 436 g/mol. The molecule has 1 saturated heterocycles. The van der Waals surface area contributed by atoms with Crippen LogP contribution in [-0.2, 0) is 0 Å². The van der Waals surface area contributed by atoms with Crippen LogP contribution in [0.25, 0.3) is 11.3 Å². The number of urea groups is 1. The van der Waals surface area contributed by atoms with E-state index in [1.807, 2.05) is 24.4 Å². The number of benzene rings is 1. The number of aryl methyl sites for hydroxylation is 1. The van der Waals surface area contributed by atoms with E-state index in [1.165, 1.54) is 29.9 Å². The summed E-state index contributed by atoms with van der Waals surface area (Å²) in [5.74, 6) is 1.18. The molecular weight excluding hydrogens is 410 g/mol. The summed E-state index contributed by atoms with van der Waals surface area (Å²) in [7, 11) is 0. The molecular formula is C23H25N5O2S. The first-order chi connectivity index (χ1) is 15.2. The van der Waals surface area contributed by atoms with Crippen LogP contribution in [0.5, 0.6) is 5.75 Å². The van der Waals surface area contributed by atoms with Crippen LogP contribution in [0.4, 0.5) is 21.4 Å². The Balaban J connectivity index is 1.46. The van der Waals surface area contributed by atoms with Crippen LogP contribution < -0.4 is 19.9 Å². The molecule has 1 aromatic carbocycles. The number of ether oxygens (including phenoxy) is 1. The molecule has 3 aromatic rings. The Hall–Kier alpha value is -3.13. The van der Waals surface area contributed by atoms with Crippen molar-refractivity contribution in [1.29, 1.82) is 0 Å². The van der Waals surface area contributed by atoms with Gasteiger partial charge in [0.05, 0.1) is 18.0 Å². The van der Waals surface area contributed by atoms with Crippen molar-refractivity contribution in [3.63, 3.8) is 0 Å². The van der Waals surface area contributed by atoms with E-state index in [0.717, 1.165) is 36.5 Å². The molecule has 0 aliphatic carbocycles. The predicted molar refractivity (Wildman–Crippen MR) is 124 cm³/mol. The Labute approximate surface area is 185 Å². The number of aromatic nitrogens is 2. The zero-order valence-corrected chi connectivity index (χ0v) is 18.3. The Morgan fingerprint density at radius 2 is 1.97 bits per heavy atom. The third-order valence-corrected chi connectivity index (χ3v) is 6.45. The number of amides is 2. The molecule has 2 amide bonds. The lowest BCUT2D eigenvalue weighted by atomic mass is 10.1. The van der Waals surface area contributed by atoms with E-state index in [4.69, 9.17) is 9.72 Å². The van der Waals surface area contributed by atoms with Crippen molar-refractivity contribution in [3.8, 4) is 17.0 Å². The van der Waals surface area contributed by atoms with E-state index in [2.05, 4.69) is 39.5 Å². The molecule has 8 heteroatoms. The maximum absolute atomic E-state index is 13.0. The number of thiazole rings is 1. The lowest BCUT2D eigenvalue weighted by molar-refractivity contribution is 0.256. The van der Waals surface area contributed by atoms with Gasteiger partial charge in [0.15, 0.2) is 16.7 Å². The van der Waals surface area contributed by atoms with Crippen LogP contribution in [0.1, 0.15) is 25.0 Å². The largest absolute Gasteiger partial charge is 0.490 e. The highest BCUT2D eigenvalue weighted by Crippen LogP contribution is 2.34. The minimum absolute atomic E-state index is 0.239. The SMILES string of the molecule is Cc1csc(NC(=O)N2CCCOc3ccc(-c4cccc(N5CCCC5)c4)nc32)n1. The van der Waals surface area contributed by atoms with Crippen LogP contribution in [0.15, 0.2) is 41.8 Å². The van der Waals surface area contributed by atoms with Gasteiger partial charge in [0.1, 0.15) is 0 Å². The first-order valence-corrected chi connectivity index (χ1v) is 11.6. The predicted octanol–water partition coefficient (Wildman–Crippen LogP) is 4.93. The van der Waals surface area contributed by atoms with Crippen LogP contribution >= 0.6 is 11.3 Å². The number of carbonyl (C=O) groups excluding carboxylic acids is 1. The summed E-state index contributed by atoms with van der Waals surface area (Å²) in [6.07, 6.45) is 3.21. The van der Waals surface area contributed by atoms with Crippen LogP contribution in [0, 0.1) is 6.92 Å². The van der Waals surface area contributed by atoms with Crippen molar-refractivity contribution in [1.82, 2.24) is 9.97 Å². The monoisotopic (exact) mass is 435 g/mol. The standard InChI is InChI=1S/C23H25N5O2S/c1-16-15-31-22(24-16)26-23(29)28-12-5-13-30-20-9-8-19(25-21(20)28)17-6-4-7-18(14-17)27-10-2-3-11-27/h4,6-9,14-15H,2-3,5,10-13H2,1H3,(H,24,26,29). The van der Waals surface area contributed by atoms with E-state index in [9.17, 15) is 4.79 Å². The number of hydrogen-bond acceptors (Lipinski definition) is 6. The maximum Gasteiger partial charge on any atom is 0.329 e. The lowest BCUT2D eigenvalue weighted by Gasteiger charge is -2.21. The van der Waals surface area contributed by atoms with Crippen molar-refractivity contribution in [2.24, 2.45) is 0 Å². The molecule has 5 rings (SSSR count). The second kappa shape index (κ2) is 8.55. The van der Waals surface area contributed by atoms with Gasteiger partial charge in [0, 0.05) is 36.3 Å². The van der Waals surface area contributed by atoms with Gasteiger partial charge in [-0.25, -0.2) is 14.8 Å². The lowest BCUT2D eigenvalue weighted by Crippen LogP contribution is -2.36. The van der Waals surface area contributed by atoms with Gasteiger partial charge < -0.3 is 9.64 Å². The van der Waals surface area contributed by atoms with E-state index in [-0.39, 0.29) is 6.03 Å². The molecule has 0 unspecified atom stereocenters. The van der Waals surface area contributed by atoms with E-state index < -0.39 is 0 Å². The second-order valence-electron chi connectivity index (χ2n) is 7.84. The number of anilines is 3. The second-order valence-corrected chi connectivity index (χ2v) is 8.70. The third-order valence-electron chi connectivity index (χ3n) is 5.57. The topological polar surface area (TPSA) is 70.6 Å². The molecule has 160 valence electrons. The number of rotatable bonds is 3. The molecule has 1 N–H and O–H groups in total. The zero-order chi connectivity index (χ0) is 21.2. The van der Waals surface area contributed by atoms with Gasteiger partial charge in [0.2, 0.25) is 0 Å². The summed E-state index contributed by atoms with van der Waals surface area (Å²) in [5.41, 5.74) is 3.97. The van der Waals surface area contributed by atoms with Crippen molar-refractivity contribution in [3.05, 3.63) is 47.5 Å². The molecule has 2 aliphatic heterocycles. The summed E-state index contributed by atoms with van der Waals surface area (Å²) in [6.45, 7) is 5.19. The summed E-state index contributed by atoms with van der Waals surface area (Å²) in [4.78, 5) is 26.3. The van der Waals surface area contributed by atoms with Gasteiger partial charge in [0.25, 0.3) is 0 Å². The molecule has 0 radical (unpaired) electrons. The van der Waals surface area contributed by atoms with Crippen molar-refractivity contribution in [2.45, 2.75) is 26.2 Å². The number of hydrogen-bond donors (Lipinski definition) is 1. The average Bonchev–Trinajstić information content (AvgIpc) is 3.41. The fourth-order valence-corrected chi connectivity index (χ4v) is 4.70. The Kier molecular flexibility index (Phi) is 5.46. The first kappa shape index (κ1) is 19.8. The summed E-state index contributed by atoms with van der Waals surface area (Å²) < 4.78 is 5.87. The number of carbonyl (C=O) groups is 1. The van der Waals surface area contributed by atoms with Crippen LogP contribution in [-0.4, -0.2) is 42.2 Å². The molecule has 31 heavy (non-hydrogen) atoms. The van der Waals surface area contributed by atoms with Gasteiger partial charge in [-0.1, -0.05) is 12.1 Å². The van der Waals surface area contributed by atoms with Crippen LogP contribution in [0.2, 0.25) is 0 Å². The molecule has 0 spiro atoms. The molecule has 1 fully saturated rings. The smallest absolute Gasteiger partial charge is 0.329 e. The van der Waals surface area contributed by atoms with Crippen molar-refractivity contribution in [2.75, 3.05) is 41.4 Å². The van der Waals surface area contributed by atoms with Gasteiger partial charge in [-0.05, 0) is 50.5 Å². The van der Waals surface area contributed by atoms with Gasteiger partial charge in [-0.3, -0.25) is 10.2 Å². The fraction of sp³-hybridized carbons (Fsp3) is 0.348. The first-order valence-electron chi connectivity index (χ1n) is 10.7. The quantitative estimate of drug-likeness (QED) is 0.631. The Bertz CT molecular complexity index is 1090. The fourth-order valence-electron chi connectivity index (χ4n) is 4.02. The molecule has 0 saturated carbocycles. The van der Waals surface area contributed by atoms with E-state index in [1.54, 1.807) is 4.90 Å². The van der Waals surface area contributed by atoms with Crippen molar-refractivity contribution < 1.29 is 9.53 Å². The minimum atomic E-state index is -0.239. The van der Waals surface area contributed by atoms with E-state index in [0.29, 0.717) is 29.9 Å². The van der Waals surface area contributed by atoms with E-state index >= 15 is 0 Å². The molecule has 2 aromatic heterocycles. The Morgan fingerprint density at radius 3 is 2.77 bits per heavy atom. The highest BCUT2D eigenvalue weighted by atomic mass is 32.1. The summed E-state index contributed by atoms with van der Waals surface area (Å²) in [5, 5.41) is 5.40. The number of nitrogens with one attached hydrogen (secondary N) is 1.